The second-order valence-corrected chi connectivity index (χ2v) is 5.05. The van der Waals surface area contributed by atoms with Crippen LogP contribution in [-0.2, 0) is 6.42 Å². The zero-order valence-electron chi connectivity index (χ0n) is 12.3. The van der Waals surface area contributed by atoms with Gasteiger partial charge in [-0.3, -0.25) is 0 Å². The van der Waals surface area contributed by atoms with Crippen LogP contribution in [0.15, 0.2) is 33.5 Å². The molecule has 2 rings (SSSR count). The summed E-state index contributed by atoms with van der Waals surface area (Å²) in [4.78, 5) is 11.5. The molecule has 0 fully saturated rings. The van der Waals surface area contributed by atoms with E-state index in [-0.39, 0.29) is 5.63 Å². The largest absolute Gasteiger partial charge is 0.494 e. The van der Waals surface area contributed by atoms with Gasteiger partial charge in [0.2, 0.25) is 0 Å². The van der Waals surface area contributed by atoms with Crippen molar-refractivity contribution < 1.29 is 9.15 Å². The van der Waals surface area contributed by atoms with Crippen molar-refractivity contribution in [1.29, 1.82) is 0 Å². The van der Waals surface area contributed by atoms with Crippen molar-refractivity contribution in [3.8, 4) is 5.75 Å². The summed E-state index contributed by atoms with van der Waals surface area (Å²) in [6.45, 7) is 5.01. The molecule has 0 aliphatic heterocycles. The molecule has 3 nitrogen and oxygen atoms in total. The number of fused-ring (bicyclic) bond motifs is 1. The fourth-order valence-electron chi connectivity index (χ4n) is 2.31. The normalized spacial score (nSPS) is 10.9. The van der Waals surface area contributed by atoms with Gasteiger partial charge in [0.05, 0.1) is 6.61 Å². The fourth-order valence-corrected chi connectivity index (χ4v) is 2.31. The highest BCUT2D eigenvalue weighted by Gasteiger charge is 2.06. The molecule has 2 aromatic rings. The smallest absolute Gasteiger partial charge is 0.336 e. The molecule has 0 saturated heterocycles. The molecule has 108 valence electrons. The number of ether oxygens (including phenoxy) is 1. The molecule has 0 bridgehead atoms. The van der Waals surface area contributed by atoms with Crippen LogP contribution < -0.4 is 10.4 Å². The van der Waals surface area contributed by atoms with Crippen molar-refractivity contribution in [2.24, 2.45) is 0 Å². The molecule has 0 spiro atoms. The van der Waals surface area contributed by atoms with Gasteiger partial charge in [-0.2, -0.15) is 0 Å². The van der Waals surface area contributed by atoms with Gasteiger partial charge in [0, 0.05) is 11.5 Å². The molecule has 3 heteroatoms. The number of hydrogen-bond acceptors (Lipinski definition) is 3. The first-order valence-electron chi connectivity index (χ1n) is 7.44. The van der Waals surface area contributed by atoms with Crippen molar-refractivity contribution in [2.75, 3.05) is 6.61 Å². The standard InChI is InChI=1S/C17H22O3/c1-3-5-6-10-19-14-8-9-16-15(12-14)13(7-4-2)11-17(18)20-16/h8-9,11-12H,3-7,10H2,1-2H3. The summed E-state index contributed by atoms with van der Waals surface area (Å²) >= 11 is 0. The van der Waals surface area contributed by atoms with E-state index in [1.54, 1.807) is 6.07 Å². The van der Waals surface area contributed by atoms with Crippen LogP contribution >= 0.6 is 0 Å². The van der Waals surface area contributed by atoms with Crippen molar-refractivity contribution in [3.63, 3.8) is 0 Å². The average Bonchev–Trinajstić information content (AvgIpc) is 2.44. The maximum absolute atomic E-state index is 11.5. The Morgan fingerprint density at radius 3 is 2.70 bits per heavy atom. The van der Waals surface area contributed by atoms with Gasteiger partial charge < -0.3 is 9.15 Å². The SMILES string of the molecule is CCCCCOc1ccc2oc(=O)cc(CCC)c2c1. The third-order valence-electron chi connectivity index (χ3n) is 3.34. The third-order valence-corrected chi connectivity index (χ3v) is 3.34. The predicted octanol–water partition coefficient (Wildman–Crippen LogP) is 4.31. The van der Waals surface area contributed by atoms with Crippen LogP contribution in [0.2, 0.25) is 0 Å². The van der Waals surface area contributed by atoms with Crippen LogP contribution in [0.5, 0.6) is 5.75 Å². The molecule has 0 amide bonds. The Hall–Kier alpha value is -1.77. The van der Waals surface area contributed by atoms with E-state index in [2.05, 4.69) is 13.8 Å². The number of rotatable bonds is 7. The highest BCUT2D eigenvalue weighted by Crippen LogP contribution is 2.24. The lowest BCUT2D eigenvalue weighted by Gasteiger charge is -2.08. The van der Waals surface area contributed by atoms with E-state index in [4.69, 9.17) is 9.15 Å². The van der Waals surface area contributed by atoms with Gasteiger partial charge >= 0.3 is 5.63 Å². The Kier molecular flexibility index (Phi) is 5.22. The highest BCUT2D eigenvalue weighted by molar-refractivity contribution is 5.81. The first kappa shape index (κ1) is 14.6. The van der Waals surface area contributed by atoms with Crippen molar-refractivity contribution in [3.05, 3.63) is 40.2 Å². The van der Waals surface area contributed by atoms with E-state index in [1.165, 1.54) is 12.8 Å². The van der Waals surface area contributed by atoms with Crippen molar-refractivity contribution in [1.82, 2.24) is 0 Å². The maximum atomic E-state index is 11.5. The predicted molar refractivity (Wildman–Crippen MR) is 81.5 cm³/mol. The summed E-state index contributed by atoms with van der Waals surface area (Å²) in [6.07, 6.45) is 5.32. The Morgan fingerprint density at radius 1 is 1.10 bits per heavy atom. The van der Waals surface area contributed by atoms with Crippen LogP contribution in [-0.4, -0.2) is 6.61 Å². The molecule has 0 radical (unpaired) electrons. The van der Waals surface area contributed by atoms with E-state index < -0.39 is 0 Å². The van der Waals surface area contributed by atoms with Gasteiger partial charge in [0.1, 0.15) is 11.3 Å². The summed E-state index contributed by atoms with van der Waals surface area (Å²) < 4.78 is 11.0. The van der Waals surface area contributed by atoms with Crippen LogP contribution in [0.4, 0.5) is 0 Å². The van der Waals surface area contributed by atoms with E-state index >= 15 is 0 Å². The summed E-state index contributed by atoms with van der Waals surface area (Å²) in [5.41, 5.74) is 1.40. The van der Waals surface area contributed by atoms with Crippen LogP contribution in [0, 0.1) is 0 Å². The minimum absolute atomic E-state index is 0.280. The van der Waals surface area contributed by atoms with E-state index in [0.717, 1.165) is 42.6 Å². The summed E-state index contributed by atoms with van der Waals surface area (Å²) in [6, 6.07) is 7.26. The van der Waals surface area contributed by atoms with Gasteiger partial charge in [0.15, 0.2) is 0 Å². The quantitative estimate of drug-likeness (QED) is 0.557. The van der Waals surface area contributed by atoms with E-state index in [0.29, 0.717) is 5.58 Å². The number of unbranched alkanes of at least 4 members (excludes halogenated alkanes) is 2. The molecular weight excluding hydrogens is 252 g/mol. The topological polar surface area (TPSA) is 39.4 Å². The molecule has 0 unspecified atom stereocenters. The number of aryl methyl sites for hydroxylation is 1. The second-order valence-electron chi connectivity index (χ2n) is 5.05. The van der Waals surface area contributed by atoms with Crippen LogP contribution in [0.1, 0.15) is 45.1 Å². The molecule has 1 heterocycles. The molecular formula is C17H22O3. The van der Waals surface area contributed by atoms with Gasteiger partial charge in [-0.05, 0) is 36.6 Å². The van der Waals surface area contributed by atoms with Gasteiger partial charge in [-0.1, -0.05) is 33.1 Å². The number of hydrogen-bond donors (Lipinski definition) is 0. The molecule has 0 saturated carbocycles. The minimum Gasteiger partial charge on any atom is -0.494 e. The molecule has 0 aliphatic carbocycles. The Labute approximate surface area is 119 Å². The van der Waals surface area contributed by atoms with E-state index in [1.807, 2.05) is 18.2 Å². The maximum Gasteiger partial charge on any atom is 0.336 e. The zero-order valence-corrected chi connectivity index (χ0v) is 12.3. The van der Waals surface area contributed by atoms with E-state index in [9.17, 15) is 4.79 Å². The lowest BCUT2D eigenvalue weighted by atomic mass is 10.1. The lowest BCUT2D eigenvalue weighted by molar-refractivity contribution is 0.306. The summed E-state index contributed by atoms with van der Waals surface area (Å²) in [5.74, 6) is 0.847. The van der Waals surface area contributed by atoms with Gasteiger partial charge in [-0.25, -0.2) is 4.79 Å². The Morgan fingerprint density at radius 2 is 1.95 bits per heavy atom. The molecule has 20 heavy (non-hydrogen) atoms. The molecule has 1 aromatic heterocycles. The third kappa shape index (κ3) is 3.62. The zero-order chi connectivity index (χ0) is 14.4. The Bertz CT molecular complexity index is 613. The molecule has 0 N–H and O–H groups in total. The minimum atomic E-state index is -0.280. The van der Waals surface area contributed by atoms with Crippen LogP contribution in [0.25, 0.3) is 11.0 Å². The van der Waals surface area contributed by atoms with Crippen molar-refractivity contribution >= 4 is 11.0 Å². The monoisotopic (exact) mass is 274 g/mol. The Balaban J connectivity index is 2.25. The molecule has 0 atom stereocenters. The first-order chi connectivity index (χ1) is 9.74. The van der Waals surface area contributed by atoms with Gasteiger partial charge in [-0.15, -0.1) is 0 Å². The summed E-state index contributed by atoms with van der Waals surface area (Å²) in [7, 11) is 0. The molecule has 1 aromatic carbocycles. The first-order valence-corrected chi connectivity index (χ1v) is 7.44. The molecule has 0 aliphatic rings. The van der Waals surface area contributed by atoms with Crippen molar-refractivity contribution in [2.45, 2.75) is 46.0 Å². The number of benzene rings is 1. The van der Waals surface area contributed by atoms with Gasteiger partial charge in [0.25, 0.3) is 0 Å². The highest BCUT2D eigenvalue weighted by atomic mass is 16.5. The summed E-state index contributed by atoms with van der Waals surface area (Å²) in [5, 5.41) is 0.986. The van der Waals surface area contributed by atoms with Crippen LogP contribution in [0.3, 0.4) is 0 Å². The second kappa shape index (κ2) is 7.13. The lowest BCUT2D eigenvalue weighted by Crippen LogP contribution is -2.01. The average molecular weight is 274 g/mol. The fraction of sp³-hybridized carbons (Fsp3) is 0.471.